The number of aromatic nitrogens is 1. The number of oxime groups is 1. The molecule has 0 unspecified atom stereocenters. The number of rotatable bonds is 9. The van der Waals surface area contributed by atoms with Crippen molar-refractivity contribution in [2.45, 2.75) is 48.5 Å². The Balaban J connectivity index is 1.30. The zero-order valence-electron chi connectivity index (χ0n) is 20.0. The zero-order valence-corrected chi connectivity index (χ0v) is 21.7. The van der Waals surface area contributed by atoms with E-state index in [1.54, 1.807) is 18.3 Å². The number of sulfone groups is 1. The summed E-state index contributed by atoms with van der Waals surface area (Å²) in [5.74, 6) is -0.466. The van der Waals surface area contributed by atoms with Crippen molar-refractivity contribution in [3.8, 4) is 0 Å². The molecule has 0 spiro atoms. The number of benzene rings is 1. The number of ether oxygens (including phenoxy) is 1. The Morgan fingerprint density at radius 2 is 2.06 bits per heavy atom. The van der Waals surface area contributed by atoms with E-state index in [1.165, 1.54) is 23.5 Å². The summed E-state index contributed by atoms with van der Waals surface area (Å²) < 4.78 is 30.4. The third-order valence-corrected chi connectivity index (χ3v) is 9.58. The number of carbonyl (C=O) groups excluding carboxylic acids is 1. The molecule has 2 N–H and O–H groups in total. The highest BCUT2D eigenvalue weighted by Crippen LogP contribution is 2.33. The average molecular weight is 534 g/mol. The number of amides is 1. The van der Waals surface area contributed by atoms with E-state index in [1.807, 2.05) is 0 Å². The first-order valence-electron chi connectivity index (χ1n) is 12.3. The second kappa shape index (κ2) is 11.3. The molecule has 194 valence electrons. The molecule has 2 saturated heterocycles. The molecule has 1 saturated carbocycles. The molecule has 36 heavy (non-hydrogen) atoms. The summed E-state index contributed by atoms with van der Waals surface area (Å²) in [6, 6.07) is 6.26. The number of hydrogen-bond acceptors (Lipinski definition) is 10. The molecule has 3 fully saturated rings. The molecular formula is C24H31N5O5S2. The summed E-state index contributed by atoms with van der Waals surface area (Å²) in [4.78, 5) is 26.9. The van der Waals surface area contributed by atoms with Gasteiger partial charge < -0.3 is 14.9 Å². The van der Waals surface area contributed by atoms with Gasteiger partial charge in [0.1, 0.15) is 0 Å². The molecule has 1 amide bonds. The van der Waals surface area contributed by atoms with Crippen molar-refractivity contribution in [3.63, 3.8) is 0 Å². The first kappa shape index (κ1) is 25.3. The Labute approximate surface area is 215 Å². The van der Waals surface area contributed by atoms with Gasteiger partial charge in [-0.3, -0.25) is 15.0 Å². The van der Waals surface area contributed by atoms with Gasteiger partial charge in [0.05, 0.1) is 23.4 Å². The lowest BCUT2D eigenvalue weighted by Gasteiger charge is -2.17. The lowest BCUT2D eigenvalue weighted by molar-refractivity contribution is -0.110. The van der Waals surface area contributed by atoms with Crippen molar-refractivity contribution in [2.75, 3.05) is 44.7 Å². The monoisotopic (exact) mass is 533 g/mol. The average Bonchev–Trinajstić information content (AvgIpc) is 3.54. The number of hydrogen-bond donors (Lipinski definition) is 2. The molecule has 10 nitrogen and oxygen atoms in total. The standard InChI is InChI=1S/C24H31N5O5S2/c30-23(27-24-26-14-19(35-24)15-29-11-1-9-25-10-12-29)22(28-34-18-8-13-33-16-18)17-2-4-20(5-3-17)36(31,32)21-6-7-21/h2-5,14,18,21,25H,1,6-13,15-16H2,(H,26,27,30)/b28-22+/t18-/m1/s1. The molecule has 3 aliphatic rings. The van der Waals surface area contributed by atoms with Crippen LogP contribution in [0.4, 0.5) is 5.13 Å². The summed E-state index contributed by atoms with van der Waals surface area (Å²) in [5, 5.41) is 10.6. The van der Waals surface area contributed by atoms with Crippen LogP contribution in [0.25, 0.3) is 0 Å². The van der Waals surface area contributed by atoms with Crippen molar-refractivity contribution in [2.24, 2.45) is 5.16 Å². The van der Waals surface area contributed by atoms with Crippen LogP contribution in [0.3, 0.4) is 0 Å². The number of anilines is 1. The largest absolute Gasteiger partial charge is 0.389 e. The Morgan fingerprint density at radius 1 is 1.22 bits per heavy atom. The third kappa shape index (κ3) is 6.30. The fourth-order valence-electron chi connectivity index (χ4n) is 4.20. The van der Waals surface area contributed by atoms with E-state index >= 15 is 0 Å². The van der Waals surface area contributed by atoms with Crippen LogP contribution in [0, 0.1) is 0 Å². The van der Waals surface area contributed by atoms with Gasteiger partial charge in [0.25, 0.3) is 5.91 Å². The maximum Gasteiger partial charge on any atom is 0.280 e. The van der Waals surface area contributed by atoms with Crippen molar-refractivity contribution in [1.82, 2.24) is 15.2 Å². The van der Waals surface area contributed by atoms with Gasteiger partial charge in [-0.05, 0) is 44.5 Å². The van der Waals surface area contributed by atoms with Crippen LogP contribution in [0.15, 0.2) is 40.5 Å². The summed E-state index contributed by atoms with van der Waals surface area (Å²) in [6.45, 7) is 5.80. The predicted octanol–water partition coefficient (Wildman–Crippen LogP) is 2.02. The molecule has 1 aromatic heterocycles. The lowest BCUT2D eigenvalue weighted by Crippen LogP contribution is -2.27. The van der Waals surface area contributed by atoms with Gasteiger partial charge >= 0.3 is 0 Å². The highest BCUT2D eigenvalue weighted by atomic mass is 32.2. The first-order valence-corrected chi connectivity index (χ1v) is 14.7. The van der Waals surface area contributed by atoms with Crippen LogP contribution in [-0.4, -0.2) is 80.7 Å². The summed E-state index contributed by atoms with van der Waals surface area (Å²) >= 11 is 1.43. The Hall–Kier alpha value is -2.38. The number of carbonyl (C=O) groups is 1. The van der Waals surface area contributed by atoms with Crippen molar-refractivity contribution < 1.29 is 22.8 Å². The number of nitrogens with one attached hydrogen (secondary N) is 2. The van der Waals surface area contributed by atoms with Crippen molar-refractivity contribution >= 4 is 37.9 Å². The summed E-state index contributed by atoms with van der Waals surface area (Å²) in [7, 11) is -3.32. The predicted molar refractivity (Wildman–Crippen MR) is 137 cm³/mol. The van der Waals surface area contributed by atoms with Gasteiger partial charge in [0.2, 0.25) is 0 Å². The van der Waals surface area contributed by atoms with E-state index < -0.39 is 15.7 Å². The molecule has 0 bridgehead atoms. The maximum atomic E-state index is 13.2. The van der Waals surface area contributed by atoms with Crippen molar-refractivity contribution in [1.29, 1.82) is 0 Å². The van der Waals surface area contributed by atoms with E-state index in [-0.39, 0.29) is 22.0 Å². The third-order valence-electron chi connectivity index (χ3n) is 6.40. The molecule has 5 rings (SSSR count). The van der Waals surface area contributed by atoms with Gasteiger partial charge in [-0.25, -0.2) is 13.4 Å². The van der Waals surface area contributed by atoms with Gasteiger partial charge in [0, 0.05) is 42.7 Å². The zero-order chi connectivity index (χ0) is 25.0. The molecule has 12 heteroatoms. The molecular weight excluding hydrogens is 502 g/mol. The minimum atomic E-state index is -3.32. The first-order chi connectivity index (χ1) is 17.5. The number of thiazole rings is 1. The molecule has 2 aromatic rings. The fraction of sp³-hybridized carbons (Fsp3) is 0.542. The van der Waals surface area contributed by atoms with E-state index in [2.05, 4.69) is 25.7 Å². The Kier molecular flexibility index (Phi) is 7.96. The summed E-state index contributed by atoms with van der Waals surface area (Å²) in [5.41, 5.74) is 0.530. The highest BCUT2D eigenvalue weighted by molar-refractivity contribution is 7.92. The van der Waals surface area contributed by atoms with Crippen molar-refractivity contribution in [3.05, 3.63) is 40.9 Å². The second-order valence-electron chi connectivity index (χ2n) is 9.27. The highest BCUT2D eigenvalue weighted by Gasteiger charge is 2.36. The van der Waals surface area contributed by atoms with Gasteiger partial charge in [0.15, 0.2) is 26.8 Å². The molecule has 1 atom stereocenters. The smallest absolute Gasteiger partial charge is 0.280 e. The maximum absolute atomic E-state index is 13.2. The van der Waals surface area contributed by atoms with Gasteiger partial charge in [-0.2, -0.15) is 0 Å². The number of nitrogens with zero attached hydrogens (tertiary/aromatic N) is 3. The van der Waals surface area contributed by atoms with E-state index in [0.717, 1.165) is 44.0 Å². The molecule has 3 heterocycles. The fourth-order valence-corrected chi connectivity index (χ4v) is 6.70. The molecule has 1 aromatic carbocycles. The normalized spacial score (nSPS) is 21.8. The molecule has 0 radical (unpaired) electrons. The molecule has 2 aliphatic heterocycles. The van der Waals surface area contributed by atoms with Crippen LogP contribution in [0.2, 0.25) is 0 Å². The summed E-state index contributed by atoms with van der Waals surface area (Å²) in [6.07, 6.45) is 4.76. The Bertz CT molecular complexity index is 1180. The van der Waals surface area contributed by atoms with Crippen LogP contribution >= 0.6 is 11.3 Å². The minimum Gasteiger partial charge on any atom is -0.389 e. The van der Waals surface area contributed by atoms with Crippen LogP contribution in [-0.2, 0) is 30.8 Å². The van der Waals surface area contributed by atoms with E-state index in [4.69, 9.17) is 9.57 Å². The van der Waals surface area contributed by atoms with Crippen LogP contribution < -0.4 is 10.6 Å². The van der Waals surface area contributed by atoms with Gasteiger partial charge in [-0.1, -0.05) is 17.3 Å². The van der Waals surface area contributed by atoms with Gasteiger partial charge in [-0.15, -0.1) is 11.3 Å². The SMILES string of the molecule is O=C(Nc1ncc(CN2CCCNCC2)s1)/C(=N/O[C@@H]1CCOC1)c1ccc(S(=O)(=O)C2CC2)cc1. The van der Waals surface area contributed by atoms with E-state index in [0.29, 0.717) is 43.2 Å². The van der Waals surface area contributed by atoms with Crippen LogP contribution in [0.5, 0.6) is 0 Å². The lowest BCUT2D eigenvalue weighted by atomic mass is 10.1. The quantitative estimate of drug-likeness (QED) is 0.371. The second-order valence-corrected chi connectivity index (χ2v) is 12.6. The minimum absolute atomic E-state index is 0.0626. The van der Waals surface area contributed by atoms with E-state index in [9.17, 15) is 13.2 Å². The van der Waals surface area contributed by atoms with Crippen LogP contribution in [0.1, 0.15) is 36.1 Å². The molecule has 1 aliphatic carbocycles. The topological polar surface area (TPSA) is 122 Å². The Morgan fingerprint density at radius 3 is 2.81 bits per heavy atom.